The summed E-state index contributed by atoms with van der Waals surface area (Å²) in [7, 11) is 0. The zero-order valence-electron chi connectivity index (χ0n) is 16.7. The molecule has 29 heavy (non-hydrogen) atoms. The van der Waals surface area contributed by atoms with Gasteiger partial charge in [-0.1, -0.05) is 23.7 Å². The number of urea groups is 1. The van der Waals surface area contributed by atoms with Crippen LogP contribution in [0.15, 0.2) is 24.3 Å². The average Bonchev–Trinajstić information content (AvgIpc) is 2.68. The van der Waals surface area contributed by atoms with Crippen LogP contribution in [0.25, 0.3) is 0 Å². The molecule has 0 atom stereocenters. The van der Waals surface area contributed by atoms with E-state index in [1.807, 2.05) is 24.3 Å². The third-order valence-electron chi connectivity index (χ3n) is 6.66. The van der Waals surface area contributed by atoms with Gasteiger partial charge in [0.25, 0.3) is 0 Å². The minimum atomic E-state index is -0.112. The summed E-state index contributed by atoms with van der Waals surface area (Å²) in [6, 6.07) is 7.63. The predicted octanol–water partition coefficient (Wildman–Crippen LogP) is 3.24. The number of carbonyl (C=O) groups is 2. The SMILES string of the molecule is O=C(NCc1ccc(Cl)cc1)NC1CC2(CC(CNC(=O)C3CCOCC3)C2)C1. The fourth-order valence-corrected chi connectivity index (χ4v) is 5.23. The Morgan fingerprint density at radius 1 is 1.03 bits per heavy atom. The van der Waals surface area contributed by atoms with Crippen LogP contribution in [0.4, 0.5) is 4.79 Å². The number of halogens is 1. The lowest BCUT2D eigenvalue weighted by molar-refractivity contribution is -0.129. The van der Waals surface area contributed by atoms with E-state index < -0.39 is 0 Å². The smallest absolute Gasteiger partial charge is 0.315 e. The first kappa shape index (κ1) is 20.5. The van der Waals surface area contributed by atoms with Crippen LogP contribution in [0.2, 0.25) is 5.02 Å². The topological polar surface area (TPSA) is 79.5 Å². The highest BCUT2D eigenvalue weighted by atomic mass is 35.5. The molecule has 3 fully saturated rings. The molecule has 4 rings (SSSR count). The van der Waals surface area contributed by atoms with Crippen LogP contribution in [-0.4, -0.2) is 37.7 Å². The molecule has 0 unspecified atom stereocenters. The fraction of sp³-hybridized carbons (Fsp3) is 0.636. The highest BCUT2D eigenvalue weighted by Gasteiger charge is 2.52. The summed E-state index contributed by atoms with van der Waals surface area (Å²) in [6.07, 6.45) is 6.09. The zero-order chi connectivity index (χ0) is 20.3. The average molecular weight is 420 g/mol. The van der Waals surface area contributed by atoms with Gasteiger partial charge in [0.15, 0.2) is 0 Å². The first-order valence-corrected chi connectivity index (χ1v) is 11.0. The van der Waals surface area contributed by atoms with Crippen molar-refractivity contribution in [2.75, 3.05) is 19.8 Å². The van der Waals surface area contributed by atoms with Crippen molar-refractivity contribution < 1.29 is 14.3 Å². The molecule has 0 radical (unpaired) electrons. The summed E-state index contributed by atoms with van der Waals surface area (Å²) in [5, 5.41) is 9.81. The molecule has 7 heteroatoms. The van der Waals surface area contributed by atoms with E-state index in [4.69, 9.17) is 16.3 Å². The van der Waals surface area contributed by atoms with Crippen LogP contribution in [0.3, 0.4) is 0 Å². The second-order valence-corrected chi connectivity index (χ2v) is 9.40. The van der Waals surface area contributed by atoms with Crippen LogP contribution in [-0.2, 0) is 16.1 Å². The lowest BCUT2D eigenvalue weighted by atomic mass is 9.50. The van der Waals surface area contributed by atoms with E-state index in [2.05, 4.69) is 16.0 Å². The summed E-state index contributed by atoms with van der Waals surface area (Å²) in [6.45, 7) is 2.69. The maximum atomic E-state index is 12.2. The Kier molecular flexibility index (Phi) is 6.30. The monoisotopic (exact) mass is 419 g/mol. The van der Waals surface area contributed by atoms with E-state index in [0.717, 1.165) is 50.6 Å². The number of hydrogen-bond donors (Lipinski definition) is 3. The van der Waals surface area contributed by atoms with Crippen molar-refractivity contribution in [2.24, 2.45) is 17.3 Å². The van der Waals surface area contributed by atoms with E-state index in [9.17, 15) is 9.59 Å². The minimum absolute atomic E-state index is 0.112. The molecule has 1 aromatic carbocycles. The van der Waals surface area contributed by atoms with E-state index >= 15 is 0 Å². The maximum Gasteiger partial charge on any atom is 0.315 e. The highest BCUT2D eigenvalue weighted by Crippen LogP contribution is 2.58. The number of amides is 3. The van der Waals surface area contributed by atoms with Gasteiger partial charge in [0.2, 0.25) is 5.91 Å². The number of benzene rings is 1. The van der Waals surface area contributed by atoms with Crippen molar-refractivity contribution in [1.29, 1.82) is 0 Å². The van der Waals surface area contributed by atoms with E-state index in [0.29, 0.717) is 36.1 Å². The molecule has 3 amide bonds. The molecule has 1 aliphatic heterocycles. The highest BCUT2D eigenvalue weighted by molar-refractivity contribution is 6.30. The van der Waals surface area contributed by atoms with Gasteiger partial charge in [0.05, 0.1) is 0 Å². The van der Waals surface area contributed by atoms with Crippen molar-refractivity contribution in [3.05, 3.63) is 34.9 Å². The van der Waals surface area contributed by atoms with Gasteiger partial charge in [-0.3, -0.25) is 4.79 Å². The second kappa shape index (κ2) is 8.92. The standard InChI is InChI=1S/C22H30ClN3O3/c23-18-3-1-15(2-4-18)13-25-21(28)26-19-11-22(12-19)9-16(10-22)14-24-20(27)17-5-7-29-8-6-17/h1-4,16-17,19H,5-14H2,(H,24,27)(H2,25,26,28). The van der Waals surface area contributed by atoms with Crippen molar-refractivity contribution >= 4 is 23.5 Å². The van der Waals surface area contributed by atoms with Gasteiger partial charge in [0, 0.05) is 43.3 Å². The zero-order valence-corrected chi connectivity index (χ0v) is 17.5. The lowest BCUT2D eigenvalue weighted by Gasteiger charge is -2.58. The minimum Gasteiger partial charge on any atom is -0.381 e. The lowest BCUT2D eigenvalue weighted by Crippen LogP contribution is -2.58. The molecular weight excluding hydrogens is 390 g/mol. The number of hydrogen-bond acceptors (Lipinski definition) is 3. The molecule has 6 nitrogen and oxygen atoms in total. The molecule has 2 saturated carbocycles. The van der Waals surface area contributed by atoms with Crippen LogP contribution in [0.1, 0.15) is 44.1 Å². The third-order valence-corrected chi connectivity index (χ3v) is 6.91. The van der Waals surface area contributed by atoms with Gasteiger partial charge in [-0.05, 0) is 67.6 Å². The Morgan fingerprint density at radius 3 is 2.41 bits per heavy atom. The first-order chi connectivity index (χ1) is 14.0. The van der Waals surface area contributed by atoms with Crippen molar-refractivity contribution in [3.8, 4) is 0 Å². The predicted molar refractivity (Wildman–Crippen MR) is 112 cm³/mol. The van der Waals surface area contributed by atoms with Crippen molar-refractivity contribution in [1.82, 2.24) is 16.0 Å². The van der Waals surface area contributed by atoms with E-state index in [1.165, 1.54) is 0 Å². The number of rotatable bonds is 6. The summed E-state index contributed by atoms with van der Waals surface area (Å²) >= 11 is 5.87. The molecule has 1 aromatic rings. The van der Waals surface area contributed by atoms with Crippen molar-refractivity contribution in [2.45, 2.75) is 51.1 Å². The molecule has 2 aliphatic carbocycles. The Bertz CT molecular complexity index is 719. The first-order valence-electron chi connectivity index (χ1n) is 10.7. The van der Waals surface area contributed by atoms with Crippen LogP contribution in [0, 0.1) is 17.3 Å². The Hall–Kier alpha value is -1.79. The van der Waals surface area contributed by atoms with Gasteiger partial charge in [-0.25, -0.2) is 4.79 Å². The van der Waals surface area contributed by atoms with Gasteiger partial charge in [-0.2, -0.15) is 0 Å². The molecule has 0 aromatic heterocycles. The summed E-state index contributed by atoms with van der Waals surface area (Å²) in [4.78, 5) is 24.3. The van der Waals surface area contributed by atoms with Crippen LogP contribution >= 0.6 is 11.6 Å². The molecule has 1 saturated heterocycles. The van der Waals surface area contributed by atoms with Crippen LogP contribution in [0.5, 0.6) is 0 Å². The second-order valence-electron chi connectivity index (χ2n) is 8.96. The van der Waals surface area contributed by atoms with Gasteiger partial charge in [-0.15, -0.1) is 0 Å². The molecule has 1 heterocycles. The molecule has 3 N–H and O–H groups in total. The third kappa shape index (κ3) is 5.23. The quantitative estimate of drug-likeness (QED) is 0.662. The summed E-state index contributed by atoms with van der Waals surface area (Å²) < 4.78 is 5.32. The summed E-state index contributed by atoms with van der Waals surface area (Å²) in [5.74, 6) is 0.902. The molecular formula is C22H30ClN3O3. The Labute approximate surface area is 177 Å². The van der Waals surface area contributed by atoms with Crippen LogP contribution < -0.4 is 16.0 Å². The van der Waals surface area contributed by atoms with Crippen molar-refractivity contribution in [3.63, 3.8) is 0 Å². The number of nitrogens with one attached hydrogen (secondary N) is 3. The largest absolute Gasteiger partial charge is 0.381 e. The Balaban J connectivity index is 1.08. The molecule has 0 bridgehead atoms. The maximum absolute atomic E-state index is 12.2. The number of ether oxygens (including phenoxy) is 1. The number of carbonyl (C=O) groups excluding carboxylic acids is 2. The fourth-order valence-electron chi connectivity index (χ4n) is 5.10. The normalized spacial score (nSPS) is 28.9. The molecule has 1 spiro atoms. The Morgan fingerprint density at radius 2 is 1.72 bits per heavy atom. The summed E-state index contributed by atoms with van der Waals surface area (Å²) in [5.41, 5.74) is 1.42. The van der Waals surface area contributed by atoms with Gasteiger partial charge >= 0.3 is 6.03 Å². The molecule has 158 valence electrons. The van der Waals surface area contributed by atoms with E-state index in [1.54, 1.807) is 0 Å². The van der Waals surface area contributed by atoms with Gasteiger partial charge < -0.3 is 20.7 Å². The molecule has 3 aliphatic rings. The van der Waals surface area contributed by atoms with Gasteiger partial charge in [0.1, 0.15) is 0 Å². The van der Waals surface area contributed by atoms with E-state index in [-0.39, 0.29) is 23.9 Å².